The van der Waals surface area contributed by atoms with Gasteiger partial charge in [-0.25, -0.2) is 0 Å². The summed E-state index contributed by atoms with van der Waals surface area (Å²) in [7, 11) is 0. The number of nitrogens with zero attached hydrogens (tertiary/aromatic N) is 1. The molecule has 0 bridgehead atoms. The lowest BCUT2D eigenvalue weighted by atomic mass is 9.88. The Morgan fingerprint density at radius 1 is 1.29 bits per heavy atom. The van der Waals surface area contributed by atoms with Gasteiger partial charge in [0.1, 0.15) is 0 Å². The van der Waals surface area contributed by atoms with Gasteiger partial charge >= 0.3 is 0 Å². The molecular formula is C13H22ClNO2. The predicted octanol–water partition coefficient (Wildman–Crippen LogP) is 2.42. The number of morpholine rings is 1. The molecule has 0 radical (unpaired) electrons. The van der Waals surface area contributed by atoms with E-state index < -0.39 is 0 Å². The van der Waals surface area contributed by atoms with Crippen LogP contribution in [0.2, 0.25) is 0 Å². The number of alkyl halides is 1. The molecule has 2 fully saturated rings. The van der Waals surface area contributed by atoms with Crippen LogP contribution in [0.25, 0.3) is 0 Å². The van der Waals surface area contributed by atoms with E-state index in [4.69, 9.17) is 16.3 Å². The molecule has 0 aromatic heterocycles. The maximum atomic E-state index is 12.4. The van der Waals surface area contributed by atoms with Crippen LogP contribution >= 0.6 is 11.6 Å². The summed E-state index contributed by atoms with van der Waals surface area (Å²) in [5.41, 5.74) is 0. The zero-order valence-corrected chi connectivity index (χ0v) is 11.3. The Labute approximate surface area is 108 Å². The normalized spacial score (nSPS) is 31.5. The molecule has 2 aliphatic rings. The molecule has 0 aromatic carbocycles. The zero-order valence-electron chi connectivity index (χ0n) is 10.5. The third kappa shape index (κ3) is 3.35. The fraction of sp³-hybridized carbons (Fsp3) is 0.923. The van der Waals surface area contributed by atoms with Crippen LogP contribution in [0.1, 0.15) is 39.0 Å². The number of carbonyl (C=O) groups excluding carboxylic acids is 1. The highest BCUT2D eigenvalue weighted by Crippen LogP contribution is 2.26. The third-order valence-corrected chi connectivity index (χ3v) is 4.11. The summed E-state index contributed by atoms with van der Waals surface area (Å²) in [6, 6.07) is 0. The predicted molar refractivity (Wildman–Crippen MR) is 68.2 cm³/mol. The smallest absolute Gasteiger partial charge is 0.225 e. The molecule has 2 atom stereocenters. The number of hydrogen-bond donors (Lipinski definition) is 0. The molecule has 4 heteroatoms. The lowest BCUT2D eigenvalue weighted by Crippen LogP contribution is -2.51. The fourth-order valence-corrected chi connectivity index (χ4v) is 3.09. The minimum atomic E-state index is 0.00737. The van der Waals surface area contributed by atoms with Crippen molar-refractivity contribution >= 4 is 17.5 Å². The van der Waals surface area contributed by atoms with E-state index in [9.17, 15) is 4.79 Å². The second-order valence-corrected chi connectivity index (χ2v) is 5.61. The first-order chi connectivity index (χ1) is 8.20. The van der Waals surface area contributed by atoms with Crippen LogP contribution in [-0.2, 0) is 9.53 Å². The quantitative estimate of drug-likeness (QED) is 0.713. The first-order valence-corrected chi connectivity index (χ1v) is 7.24. The van der Waals surface area contributed by atoms with Crippen molar-refractivity contribution < 1.29 is 9.53 Å². The SMILES string of the molecule is CC1CN(C(=O)C2CCCCC2)CC(CCl)O1. The molecule has 1 aliphatic carbocycles. The van der Waals surface area contributed by atoms with Crippen molar-refractivity contribution in [1.29, 1.82) is 0 Å². The first-order valence-electron chi connectivity index (χ1n) is 6.71. The van der Waals surface area contributed by atoms with Gasteiger partial charge in [0.25, 0.3) is 0 Å². The van der Waals surface area contributed by atoms with E-state index in [1.165, 1.54) is 19.3 Å². The van der Waals surface area contributed by atoms with Gasteiger partial charge in [-0.3, -0.25) is 4.79 Å². The van der Waals surface area contributed by atoms with Crippen LogP contribution < -0.4 is 0 Å². The number of rotatable bonds is 2. The van der Waals surface area contributed by atoms with Crippen molar-refractivity contribution in [2.24, 2.45) is 5.92 Å². The van der Waals surface area contributed by atoms with E-state index in [2.05, 4.69) is 0 Å². The molecule has 0 aromatic rings. The molecule has 2 rings (SSSR count). The maximum Gasteiger partial charge on any atom is 0.225 e. The molecule has 98 valence electrons. The average molecular weight is 260 g/mol. The van der Waals surface area contributed by atoms with E-state index in [1.807, 2.05) is 11.8 Å². The molecule has 1 aliphatic heterocycles. The lowest BCUT2D eigenvalue weighted by molar-refractivity contribution is -0.148. The van der Waals surface area contributed by atoms with Gasteiger partial charge in [0, 0.05) is 19.0 Å². The topological polar surface area (TPSA) is 29.5 Å². The van der Waals surface area contributed by atoms with E-state index >= 15 is 0 Å². The van der Waals surface area contributed by atoms with Gasteiger partial charge in [-0.2, -0.15) is 0 Å². The van der Waals surface area contributed by atoms with Gasteiger partial charge < -0.3 is 9.64 Å². The van der Waals surface area contributed by atoms with Crippen molar-refractivity contribution in [1.82, 2.24) is 4.90 Å². The zero-order chi connectivity index (χ0) is 12.3. The number of ether oxygens (including phenoxy) is 1. The number of carbonyl (C=O) groups is 1. The van der Waals surface area contributed by atoms with Crippen molar-refractivity contribution in [3.63, 3.8) is 0 Å². The summed E-state index contributed by atoms with van der Waals surface area (Å²) in [4.78, 5) is 14.4. The van der Waals surface area contributed by atoms with Gasteiger partial charge in [-0.1, -0.05) is 19.3 Å². The molecule has 0 spiro atoms. The summed E-state index contributed by atoms with van der Waals surface area (Å²) in [5, 5.41) is 0. The molecule has 1 saturated carbocycles. The van der Waals surface area contributed by atoms with E-state index in [0.29, 0.717) is 18.3 Å². The molecule has 0 N–H and O–H groups in total. The maximum absolute atomic E-state index is 12.4. The van der Waals surface area contributed by atoms with Crippen LogP contribution in [-0.4, -0.2) is 42.0 Å². The molecular weight excluding hydrogens is 238 g/mol. The molecule has 1 amide bonds. The molecule has 2 unspecified atom stereocenters. The van der Waals surface area contributed by atoms with Crippen LogP contribution in [0.5, 0.6) is 0 Å². The Hall–Kier alpha value is -0.280. The van der Waals surface area contributed by atoms with Gasteiger partial charge in [0.2, 0.25) is 5.91 Å². The van der Waals surface area contributed by atoms with Gasteiger partial charge in [-0.05, 0) is 19.8 Å². The number of amides is 1. The van der Waals surface area contributed by atoms with E-state index in [1.54, 1.807) is 0 Å². The Bertz CT molecular complexity index is 266. The summed E-state index contributed by atoms with van der Waals surface area (Å²) in [5.74, 6) is 1.05. The minimum absolute atomic E-state index is 0.00737. The van der Waals surface area contributed by atoms with Crippen LogP contribution in [0.15, 0.2) is 0 Å². The van der Waals surface area contributed by atoms with Gasteiger partial charge in [0.15, 0.2) is 0 Å². The molecule has 1 heterocycles. The first kappa shape index (κ1) is 13.2. The van der Waals surface area contributed by atoms with E-state index in [-0.39, 0.29) is 18.1 Å². The highest BCUT2D eigenvalue weighted by atomic mass is 35.5. The summed E-state index contributed by atoms with van der Waals surface area (Å²) >= 11 is 5.84. The Balaban J connectivity index is 1.93. The fourth-order valence-electron chi connectivity index (χ4n) is 2.92. The standard InChI is InChI=1S/C13H22ClNO2/c1-10-8-15(9-12(7-14)17-10)13(16)11-5-3-2-4-6-11/h10-12H,2-9H2,1H3. The van der Waals surface area contributed by atoms with Crippen molar-refractivity contribution in [3.8, 4) is 0 Å². The van der Waals surface area contributed by atoms with Crippen molar-refractivity contribution in [2.45, 2.75) is 51.2 Å². The van der Waals surface area contributed by atoms with Gasteiger partial charge in [0.05, 0.1) is 18.1 Å². The average Bonchev–Trinajstić information content (AvgIpc) is 2.38. The summed E-state index contributed by atoms with van der Waals surface area (Å²) in [6.07, 6.45) is 5.94. The highest BCUT2D eigenvalue weighted by molar-refractivity contribution is 6.18. The van der Waals surface area contributed by atoms with Crippen LogP contribution in [0.4, 0.5) is 0 Å². The highest BCUT2D eigenvalue weighted by Gasteiger charge is 2.32. The third-order valence-electron chi connectivity index (χ3n) is 3.76. The minimum Gasteiger partial charge on any atom is -0.370 e. The summed E-state index contributed by atoms with van der Waals surface area (Å²) in [6.45, 7) is 3.41. The summed E-state index contributed by atoms with van der Waals surface area (Å²) < 4.78 is 5.68. The lowest BCUT2D eigenvalue weighted by Gasteiger charge is -2.38. The molecule has 17 heavy (non-hydrogen) atoms. The van der Waals surface area contributed by atoms with Crippen molar-refractivity contribution in [3.05, 3.63) is 0 Å². The Morgan fingerprint density at radius 2 is 2.00 bits per heavy atom. The molecule has 3 nitrogen and oxygen atoms in total. The Kier molecular flexibility index (Phi) is 4.69. The molecule has 1 saturated heterocycles. The number of hydrogen-bond acceptors (Lipinski definition) is 2. The second-order valence-electron chi connectivity index (χ2n) is 5.30. The number of halogens is 1. The van der Waals surface area contributed by atoms with Gasteiger partial charge in [-0.15, -0.1) is 11.6 Å². The largest absolute Gasteiger partial charge is 0.370 e. The van der Waals surface area contributed by atoms with Crippen molar-refractivity contribution in [2.75, 3.05) is 19.0 Å². The second kappa shape index (κ2) is 6.05. The Morgan fingerprint density at radius 3 is 2.65 bits per heavy atom. The monoisotopic (exact) mass is 259 g/mol. The van der Waals surface area contributed by atoms with Crippen LogP contribution in [0, 0.1) is 5.92 Å². The van der Waals surface area contributed by atoms with E-state index in [0.717, 1.165) is 19.4 Å². The van der Waals surface area contributed by atoms with Crippen LogP contribution in [0.3, 0.4) is 0 Å².